The molecule has 84 valence electrons. The minimum Gasteiger partial charge on any atom is -0.489 e. The minimum atomic E-state index is 0.341. The number of ether oxygens (including phenoxy) is 1. The normalized spacial score (nSPS) is 9.65. The summed E-state index contributed by atoms with van der Waals surface area (Å²) in [6.07, 6.45) is 1.55. The van der Waals surface area contributed by atoms with E-state index in [1.165, 1.54) is 0 Å². The Morgan fingerprint density at radius 3 is 2.94 bits per heavy atom. The lowest BCUT2D eigenvalue weighted by atomic mass is 10.2. The fourth-order valence-corrected chi connectivity index (χ4v) is 1.57. The Labute approximate surface area is 104 Å². The van der Waals surface area contributed by atoms with E-state index in [1.807, 2.05) is 30.3 Å². The van der Waals surface area contributed by atoms with Crippen LogP contribution in [-0.2, 0) is 6.61 Å². The molecule has 1 heterocycles. The van der Waals surface area contributed by atoms with E-state index in [0.717, 1.165) is 5.56 Å². The van der Waals surface area contributed by atoms with Crippen LogP contribution >= 0.6 is 11.6 Å². The molecule has 0 aliphatic carbocycles. The molecule has 2 rings (SSSR count). The van der Waals surface area contributed by atoms with Gasteiger partial charge in [0.2, 0.25) is 0 Å². The summed E-state index contributed by atoms with van der Waals surface area (Å²) in [4.78, 5) is 3.86. The number of hydrogen-bond acceptors (Lipinski definition) is 3. The van der Waals surface area contributed by atoms with Gasteiger partial charge >= 0.3 is 0 Å². The molecule has 17 heavy (non-hydrogen) atoms. The molecule has 0 N–H and O–H groups in total. The van der Waals surface area contributed by atoms with Crippen LogP contribution < -0.4 is 4.74 Å². The number of nitriles is 1. The molecule has 0 aliphatic rings. The van der Waals surface area contributed by atoms with Crippen LogP contribution in [0.15, 0.2) is 42.6 Å². The first kappa shape index (κ1) is 11.4. The van der Waals surface area contributed by atoms with E-state index in [-0.39, 0.29) is 0 Å². The third-order valence-electron chi connectivity index (χ3n) is 2.14. The number of hydrogen-bond donors (Lipinski definition) is 0. The molecule has 0 fully saturated rings. The number of benzene rings is 1. The van der Waals surface area contributed by atoms with Crippen molar-refractivity contribution in [2.24, 2.45) is 0 Å². The van der Waals surface area contributed by atoms with E-state index in [0.29, 0.717) is 23.1 Å². The average Bonchev–Trinajstić information content (AvgIpc) is 2.37. The van der Waals surface area contributed by atoms with Gasteiger partial charge in [0.05, 0.1) is 0 Å². The molecule has 0 saturated heterocycles. The fraction of sp³-hybridized carbons (Fsp3) is 0.0769. The maximum atomic E-state index is 8.70. The second-order valence-corrected chi connectivity index (χ2v) is 3.84. The summed E-state index contributed by atoms with van der Waals surface area (Å²) < 4.78 is 5.54. The van der Waals surface area contributed by atoms with Crippen molar-refractivity contribution >= 4 is 11.6 Å². The monoisotopic (exact) mass is 244 g/mol. The molecule has 0 amide bonds. The van der Waals surface area contributed by atoms with Gasteiger partial charge < -0.3 is 4.74 Å². The minimum absolute atomic E-state index is 0.341. The van der Waals surface area contributed by atoms with Crippen molar-refractivity contribution in [1.29, 1.82) is 5.26 Å². The van der Waals surface area contributed by atoms with E-state index in [9.17, 15) is 0 Å². The highest BCUT2D eigenvalue weighted by atomic mass is 35.5. The Bertz CT molecular complexity index is 563. The zero-order chi connectivity index (χ0) is 12.1. The van der Waals surface area contributed by atoms with Crippen molar-refractivity contribution in [3.63, 3.8) is 0 Å². The van der Waals surface area contributed by atoms with Crippen LogP contribution in [-0.4, -0.2) is 4.98 Å². The molecule has 0 aliphatic heterocycles. The summed E-state index contributed by atoms with van der Waals surface area (Å²) in [6, 6.07) is 12.7. The van der Waals surface area contributed by atoms with Gasteiger partial charge in [-0.1, -0.05) is 23.7 Å². The molecule has 3 nitrogen and oxygen atoms in total. The van der Waals surface area contributed by atoms with E-state index in [1.54, 1.807) is 18.3 Å². The van der Waals surface area contributed by atoms with Crippen LogP contribution in [0.2, 0.25) is 5.02 Å². The molecule has 0 saturated carbocycles. The third-order valence-corrected chi connectivity index (χ3v) is 2.38. The molecule has 0 spiro atoms. The molecular formula is C13H9ClN2O. The predicted octanol–water partition coefficient (Wildman–Crippen LogP) is 3.19. The van der Waals surface area contributed by atoms with Crippen molar-refractivity contribution in [2.45, 2.75) is 6.61 Å². The molecule has 0 atom stereocenters. The zero-order valence-electron chi connectivity index (χ0n) is 8.93. The lowest BCUT2D eigenvalue weighted by Crippen LogP contribution is -1.96. The lowest BCUT2D eigenvalue weighted by molar-refractivity contribution is 0.306. The van der Waals surface area contributed by atoms with E-state index in [4.69, 9.17) is 21.6 Å². The first-order valence-electron chi connectivity index (χ1n) is 5.01. The van der Waals surface area contributed by atoms with E-state index < -0.39 is 0 Å². The maximum absolute atomic E-state index is 8.70. The first-order valence-corrected chi connectivity index (χ1v) is 5.39. The highest BCUT2D eigenvalue weighted by Gasteiger charge is 1.99. The molecule has 1 aromatic heterocycles. The average molecular weight is 245 g/mol. The molecule has 0 bridgehead atoms. The number of pyridine rings is 1. The van der Waals surface area contributed by atoms with Crippen LogP contribution in [0.1, 0.15) is 11.3 Å². The van der Waals surface area contributed by atoms with Crippen molar-refractivity contribution in [3.8, 4) is 11.8 Å². The fourth-order valence-electron chi connectivity index (χ4n) is 1.36. The Kier molecular flexibility index (Phi) is 3.59. The third kappa shape index (κ3) is 3.20. The van der Waals surface area contributed by atoms with Gasteiger partial charge in [0.25, 0.3) is 0 Å². The predicted molar refractivity (Wildman–Crippen MR) is 64.7 cm³/mol. The second kappa shape index (κ2) is 5.33. The van der Waals surface area contributed by atoms with Crippen LogP contribution in [0.5, 0.6) is 5.75 Å². The molecule has 0 radical (unpaired) electrons. The quantitative estimate of drug-likeness (QED) is 0.833. The summed E-state index contributed by atoms with van der Waals surface area (Å²) in [5, 5.41) is 9.38. The van der Waals surface area contributed by atoms with Gasteiger partial charge in [-0.05, 0) is 23.8 Å². The molecule has 1 aromatic carbocycles. The van der Waals surface area contributed by atoms with Crippen LogP contribution in [0.25, 0.3) is 0 Å². The Balaban J connectivity index is 2.05. The standard InChI is InChI=1S/C13H9ClN2O/c14-11-3-1-2-10(6-11)9-17-13-4-5-16-12(7-13)8-15/h1-7H,9H2. The first-order chi connectivity index (χ1) is 8.28. The number of nitrogens with zero attached hydrogens (tertiary/aromatic N) is 2. The maximum Gasteiger partial charge on any atom is 0.144 e. The van der Waals surface area contributed by atoms with E-state index >= 15 is 0 Å². The summed E-state index contributed by atoms with van der Waals surface area (Å²) >= 11 is 5.87. The SMILES string of the molecule is N#Cc1cc(OCc2cccc(Cl)c2)ccn1. The summed E-state index contributed by atoms with van der Waals surface area (Å²) in [5.41, 5.74) is 1.32. The second-order valence-electron chi connectivity index (χ2n) is 3.41. The van der Waals surface area contributed by atoms with Gasteiger partial charge in [0.1, 0.15) is 24.1 Å². The highest BCUT2D eigenvalue weighted by Crippen LogP contribution is 2.15. The Morgan fingerprint density at radius 2 is 2.18 bits per heavy atom. The zero-order valence-corrected chi connectivity index (χ0v) is 9.69. The van der Waals surface area contributed by atoms with Gasteiger partial charge in [-0.15, -0.1) is 0 Å². The number of aromatic nitrogens is 1. The Hall–Kier alpha value is -2.05. The van der Waals surface area contributed by atoms with Gasteiger partial charge in [-0.2, -0.15) is 5.26 Å². The smallest absolute Gasteiger partial charge is 0.144 e. The van der Waals surface area contributed by atoms with Crippen molar-refractivity contribution in [3.05, 3.63) is 58.9 Å². The molecular weight excluding hydrogens is 236 g/mol. The van der Waals surface area contributed by atoms with Gasteiger partial charge in [0.15, 0.2) is 0 Å². The van der Waals surface area contributed by atoms with E-state index in [2.05, 4.69) is 4.98 Å². The summed E-state index contributed by atoms with van der Waals surface area (Å²) in [6.45, 7) is 0.412. The Morgan fingerprint density at radius 1 is 1.29 bits per heavy atom. The van der Waals surface area contributed by atoms with Gasteiger partial charge in [-0.25, -0.2) is 4.98 Å². The summed E-state index contributed by atoms with van der Waals surface area (Å²) in [7, 11) is 0. The van der Waals surface area contributed by atoms with Crippen LogP contribution in [0, 0.1) is 11.3 Å². The van der Waals surface area contributed by atoms with Crippen LogP contribution in [0.3, 0.4) is 0 Å². The van der Waals surface area contributed by atoms with Crippen LogP contribution in [0.4, 0.5) is 0 Å². The lowest BCUT2D eigenvalue weighted by Gasteiger charge is -2.06. The number of rotatable bonds is 3. The van der Waals surface area contributed by atoms with Crippen molar-refractivity contribution < 1.29 is 4.74 Å². The largest absolute Gasteiger partial charge is 0.489 e. The summed E-state index contributed by atoms with van der Waals surface area (Å²) in [5.74, 6) is 0.622. The topological polar surface area (TPSA) is 45.9 Å². The molecule has 4 heteroatoms. The van der Waals surface area contributed by atoms with Crippen molar-refractivity contribution in [2.75, 3.05) is 0 Å². The van der Waals surface area contributed by atoms with Gasteiger partial charge in [0, 0.05) is 17.3 Å². The van der Waals surface area contributed by atoms with Crippen molar-refractivity contribution in [1.82, 2.24) is 4.98 Å². The molecule has 0 unspecified atom stereocenters. The highest BCUT2D eigenvalue weighted by molar-refractivity contribution is 6.30. The molecule has 2 aromatic rings. The van der Waals surface area contributed by atoms with Gasteiger partial charge in [-0.3, -0.25) is 0 Å². The number of halogens is 1.